The second kappa shape index (κ2) is 12.2. The van der Waals surface area contributed by atoms with Crippen LogP contribution in [0.25, 0.3) is 0 Å². The maximum Gasteiger partial charge on any atom is 0.220 e. The Labute approximate surface area is 119 Å². The molecule has 0 aromatic rings. The number of amides is 1. The maximum absolute atomic E-state index is 11.6. The fourth-order valence-corrected chi connectivity index (χ4v) is 1.82. The lowest BCUT2D eigenvalue weighted by atomic mass is 10.1. The van der Waals surface area contributed by atoms with E-state index in [4.69, 9.17) is 1.37 Å². The average Bonchev–Trinajstić information content (AvgIpc) is 2.41. The molecule has 0 radical (unpaired) electrons. The zero-order chi connectivity index (χ0) is 15.2. The molecule has 0 aliphatic rings. The quantitative estimate of drug-likeness (QED) is 0.548. The molecule has 0 saturated carbocycles. The summed E-state index contributed by atoms with van der Waals surface area (Å²) in [6.45, 7) is 5.32. The summed E-state index contributed by atoms with van der Waals surface area (Å²) in [6.07, 6.45) is 7.47. The van der Waals surface area contributed by atoms with Crippen LogP contribution in [0.3, 0.4) is 0 Å². The van der Waals surface area contributed by atoms with Crippen LogP contribution in [0.5, 0.6) is 0 Å². The summed E-state index contributed by atoms with van der Waals surface area (Å²) < 4.78 is 7.02. The molecular formula is C16H31NO2. The third-order valence-corrected chi connectivity index (χ3v) is 3.11. The molecule has 0 bridgehead atoms. The van der Waals surface area contributed by atoms with Gasteiger partial charge in [-0.1, -0.05) is 40.0 Å². The lowest BCUT2D eigenvalue weighted by molar-refractivity contribution is -0.122. The summed E-state index contributed by atoms with van der Waals surface area (Å²) in [5.41, 5.74) is 0. The van der Waals surface area contributed by atoms with Crippen molar-refractivity contribution in [3.8, 4) is 0 Å². The van der Waals surface area contributed by atoms with Crippen molar-refractivity contribution < 1.29 is 11.0 Å². The van der Waals surface area contributed by atoms with Gasteiger partial charge in [-0.2, -0.15) is 0 Å². The number of Topliss-reactive ketones (excluding diaryl/α,β-unsaturated/α-hetero) is 1. The van der Waals surface area contributed by atoms with Gasteiger partial charge in [0.2, 0.25) is 5.91 Å². The Bertz CT molecular complexity index is 267. The largest absolute Gasteiger partial charge is 0.356 e. The monoisotopic (exact) mass is 271 g/mol. The first-order valence-corrected chi connectivity index (χ1v) is 7.64. The highest BCUT2D eigenvalue weighted by Gasteiger charge is 2.04. The number of hydrogen-bond acceptors (Lipinski definition) is 2. The van der Waals surface area contributed by atoms with Gasteiger partial charge in [-0.15, -0.1) is 0 Å². The van der Waals surface area contributed by atoms with Crippen LogP contribution in [0.15, 0.2) is 0 Å². The van der Waals surface area contributed by atoms with E-state index in [1.165, 1.54) is 0 Å². The van der Waals surface area contributed by atoms with Crippen molar-refractivity contribution in [1.29, 1.82) is 0 Å². The SMILES string of the molecule is [3H]CCCCCCC(=O)CCCNC(=O)CCC(C)C. The number of hydrogen-bond donors (Lipinski definition) is 1. The number of carbonyl (C=O) groups is 2. The standard InChI is InChI=1S/C16H31NO2/c1-4-5-6-7-9-15(18)10-8-13-17-16(19)12-11-14(2)3/h14H,4-13H2,1-3H3,(H,17,19)/i1T. The zero-order valence-electron chi connectivity index (χ0n) is 13.7. The summed E-state index contributed by atoms with van der Waals surface area (Å²) in [4.78, 5) is 23.0. The predicted octanol–water partition coefficient (Wildman–Crippen LogP) is 3.86. The molecule has 0 aromatic heterocycles. The highest BCUT2D eigenvalue weighted by molar-refractivity contribution is 5.78. The van der Waals surface area contributed by atoms with Crippen LogP contribution in [-0.2, 0) is 9.59 Å². The van der Waals surface area contributed by atoms with Crippen molar-refractivity contribution in [3.63, 3.8) is 0 Å². The first-order chi connectivity index (χ1) is 9.56. The highest BCUT2D eigenvalue weighted by atomic mass is 16.1. The van der Waals surface area contributed by atoms with Gasteiger partial charge < -0.3 is 5.32 Å². The summed E-state index contributed by atoms with van der Waals surface area (Å²) in [6, 6.07) is 0. The Morgan fingerprint density at radius 3 is 2.47 bits per heavy atom. The van der Waals surface area contributed by atoms with Crippen LogP contribution < -0.4 is 5.32 Å². The highest BCUT2D eigenvalue weighted by Crippen LogP contribution is 2.06. The van der Waals surface area contributed by atoms with Gasteiger partial charge in [0.15, 0.2) is 0 Å². The van der Waals surface area contributed by atoms with E-state index in [0.717, 1.165) is 38.5 Å². The molecule has 1 amide bonds. The van der Waals surface area contributed by atoms with Gasteiger partial charge in [-0.3, -0.25) is 9.59 Å². The maximum atomic E-state index is 11.6. The molecular weight excluding hydrogens is 238 g/mol. The Kier molecular flexibility index (Phi) is 10.4. The van der Waals surface area contributed by atoms with E-state index in [-0.39, 0.29) is 5.91 Å². The first-order valence-electron chi connectivity index (χ1n) is 8.34. The zero-order valence-corrected chi connectivity index (χ0v) is 12.7. The summed E-state index contributed by atoms with van der Waals surface area (Å²) >= 11 is 0. The number of ketones is 1. The van der Waals surface area contributed by atoms with E-state index >= 15 is 0 Å². The lowest BCUT2D eigenvalue weighted by Gasteiger charge is -2.06. The molecule has 3 heteroatoms. The third kappa shape index (κ3) is 13.4. The molecule has 19 heavy (non-hydrogen) atoms. The molecule has 1 N–H and O–H groups in total. The number of carbonyl (C=O) groups excluding carboxylic acids is 2. The molecule has 0 aliphatic carbocycles. The molecule has 0 spiro atoms. The predicted molar refractivity (Wildman–Crippen MR) is 80.1 cm³/mol. The number of nitrogens with one attached hydrogen (secondary N) is 1. The van der Waals surface area contributed by atoms with Crippen molar-refractivity contribution in [2.45, 2.75) is 78.5 Å². The minimum Gasteiger partial charge on any atom is -0.356 e. The Morgan fingerprint density at radius 2 is 1.79 bits per heavy atom. The van der Waals surface area contributed by atoms with E-state index in [1.807, 2.05) is 0 Å². The van der Waals surface area contributed by atoms with Gasteiger partial charge in [0.25, 0.3) is 0 Å². The Hall–Kier alpha value is -0.860. The Balaban J connectivity index is 3.36. The molecule has 0 aliphatic heterocycles. The van der Waals surface area contributed by atoms with Crippen LogP contribution in [0.2, 0.25) is 0 Å². The van der Waals surface area contributed by atoms with Crippen LogP contribution in [0.4, 0.5) is 0 Å². The minimum absolute atomic E-state index is 0.0987. The van der Waals surface area contributed by atoms with Crippen molar-refractivity contribution in [2.24, 2.45) is 5.92 Å². The van der Waals surface area contributed by atoms with Gasteiger partial charge in [0, 0.05) is 27.2 Å². The second-order valence-electron chi connectivity index (χ2n) is 5.59. The lowest BCUT2D eigenvalue weighted by Crippen LogP contribution is -2.24. The molecule has 0 aromatic carbocycles. The van der Waals surface area contributed by atoms with Crippen LogP contribution in [-0.4, -0.2) is 18.2 Å². The van der Waals surface area contributed by atoms with Crippen molar-refractivity contribution >= 4 is 11.7 Å². The van der Waals surface area contributed by atoms with Gasteiger partial charge >= 0.3 is 0 Å². The molecule has 0 heterocycles. The van der Waals surface area contributed by atoms with Crippen LogP contribution >= 0.6 is 0 Å². The fourth-order valence-electron chi connectivity index (χ4n) is 1.82. The smallest absolute Gasteiger partial charge is 0.220 e. The molecule has 0 rings (SSSR count). The van der Waals surface area contributed by atoms with Crippen molar-refractivity contribution in [2.75, 3.05) is 6.54 Å². The second-order valence-corrected chi connectivity index (χ2v) is 5.59. The molecule has 0 fully saturated rings. The molecule has 112 valence electrons. The van der Waals surface area contributed by atoms with Crippen molar-refractivity contribution in [3.05, 3.63) is 0 Å². The van der Waals surface area contributed by atoms with Crippen LogP contribution in [0, 0.1) is 5.92 Å². The van der Waals surface area contributed by atoms with E-state index in [1.54, 1.807) is 0 Å². The summed E-state index contributed by atoms with van der Waals surface area (Å²) in [7, 11) is 0. The topological polar surface area (TPSA) is 46.2 Å². The minimum atomic E-state index is 0.0987. The molecule has 0 saturated heterocycles. The van der Waals surface area contributed by atoms with Gasteiger partial charge in [0.1, 0.15) is 5.78 Å². The first kappa shape index (κ1) is 16.2. The van der Waals surface area contributed by atoms with Crippen LogP contribution in [0.1, 0.15) is 79.9 Å². The average molecular weight is 271 g/mol. The van der Waals surface area contributed by atoms with Gasteiger partial charge in [-0.25, -0.2) is 0 Å². The number of rotatable bonds is 12. The van der Waals surface area contributed by atoms with Crippen molar-refractivity contribution in [1.82, 2.24) is 5.32 Å². The summed E-state index contributed by atoms with van der Waals surface area (Å²) in [5.74, 6) is 0.950. The van der Waals surface area contributed by atoms with Gasteiger partial charge in [-0.05, 0) is 25.2 Å². The van der Waals surface area contributed by atoms with Gasteiger partial charge in [0.05, 0.1) is 0 Å². The third-order valence-electron chi connectivity index (χ3n) is 3.11. The van der Waals surface area contributed by atoms with E-state index in [9.17, 15) is 9.59 Å². The van der Waals surface area contributed by atoms with E-state index in [0.29, 0.717) is 44.4 Å². The van der Waals surface area contributed by atoms with E-state index in [2.05, 4.69) is 19.2 Å². The van der Waals surface area contributed by atoms with E-state index < -0.39 is 0 Å². The molecule has 3 nitrogen and oxygen atoms in total. The summed E-state index contributed by atoms with van der Waals surface area (Å²) in [5, 5.41) is 2.87. The molecule has 0 unspecified atom stereocenters. The fraction of sp³-hybridized carbons (Fsp3) is 0.875. The normalized spacial score (nSPS) is 11.4. The number of unbranched alkanes of at least 4 members (excludes halogenated alkanes) is 3. The Morgan fingerprint density at radius 1 is 1.05 bits per heavy atom. The molecule has 0 atom stereocenters.